The summed E-state index contributed by atoms with van der Waals surface area (Å²) < 4.78 is 78.8. The van der Waals surface area contributed by atoms with Gasteiger partial charge >= 0.3 is 31.6 Å². The molecule has 0 aromatic carbocycles. The molecular formula is C38H49N16O18P3S3. The summed E-state index contributed by atoms with van der Waals surface area (Å²) in [4.78, 5) is 91.2. The van der Waals surface area contributed by atoms with Crippen molar-refractivity contribution in [2.75, 3.05) is 49.4 Å². The molecule has 6 aromatic rings. The number of nitrogens with one attached hydrogen (secondary N) is 1. The molecular weight excluding hydrogens is 1160 g/mol. The zero-order valence-electron chi connectivity index (χ0n) is 40.0. The number of nitrogen functional groups attached to an aromatic ring is 4. The standard InChI is InChI=1S/C38H49N16O18P3S3/c39-24-1-3-51(37(58)47-24)26-5-16(56)21(67-26)10-63-73(60,76)72-19-8-28(53-14-45-30-32(41)43-13-44-33(30)53)69-23(19)12-65-75(62,78)71-18-7-27(52-4-2-25(40)48-38(52)59)68-22(18)11-64-74(61,77)70-17-6-29(66-20(17)9-55)54-15-46-31-34(54)49-36(42)50-35(31)57/h1-4,13-23,26-29,55-56H,5-12H2,(H,60,76)(H,61,77)(H,62,78)(H2,39,47,58)(H2,40,48,59)(H2,41,43,44)(H3,42,49,50,57)/t16-,17-,18-,19-,20+,21+,22+,23+,26+,27+,28+,29+,73?,74?,75?/m0/s1. The average molecular weight is 1210 g/mol. The fourth-order valence-electron chi connectivity index (χ4n) is 9.08. The number of rotatable bonds is 20. The maximum atomic E-state index is 14.3. The lowest BCUT2D eigenvalue weighted by molar-refractivity contribution is -0.0547. The minimum absolute atomic E-state index is 0.00679. The van der Waals surface area contributed by atoms with Gasteiger partial charge in [-0.25, -0.2) is 34.1 Å². The summed E-state index contributed by atoms with van der Waals surface area (Å²) in [6.45, 7) is -15.4. The van der Waals surface area contributed by atoms with Crippen LogP contribution in [-0.4, -0.2) is 153 Å². The number of anilines is 4. The summed E-state index contributed by atoms with van der Waals surface area (Å²) >= 11 is 15.1. The predicted molar refractivity (Wildman–Crippen MR) is 277 cm³/mol. The number of aliphatic hydroxyl groups is 2. The lowest BCUT2D eigenvalue weighted by Crippen LogP contribution is -2.31. The summed E-state index contributed by atoms with van der Waals surface area (Å²) in [5.41, 5.74) is 21.6. The molecule has 40 heteroatoms. The molecule has 4 aliphatic rings. The third-order valence-corrected chi connectivity index (χ3v) is 17.5. The molecule has 78 heavy (non-hydrogen) atoms. The Morgan fingerprint density at radius 1 is 0.654 bits per heavy atom. The first kappa shape index (κ1) is 56.5. The van der Waals surface area contributed by atoms with Crippen LogP contribution in [0.3, 0.4) is 0 Å². The Morgan fingerprint density at radius 3 is 1.73 bits per heavy atom. The molecule has 0 saturated carbocycles. The topological polar surface area (TPSA) is 471 Å². The van der Waals surface area contributed by atoms with E-state index >= 15 is 0 Å². The van der Waals surface area contributed by atoms with E-state index in [-0.39, 0.29) is 71.4 Å². The van der Waals surface area contributed by atoms with Gasteiger partial charge in [-0.15, -0.1) is 0 Å². The van der Waals surface area contributed by atoms with Gasteiger partial charge in [-0.1, -0.05) is 12.2 Å². The first-order valence-corrected chi connectivity index (χ1v) is 31.1. The van der Waals surface area contributed by atoms with Crippen molar-refractivity contribution >= 4 is 102 Å². The van der Waals surface area contributed by atoms with Gasteiger partial charge in [0, 0.05) is 38.1 Å². The second-order valence-corrected chi connectivity index (χ2v) is 26.3. The number of H-pyrrole nitrogens is 1. The minimum Gasteiger partial charge on any atom is -0.394 e. The SMILES string of the molecule is Nc1ccn([C@H]2C[C@H](OP(=O)(S)OC[C@H]3O[C@@H](n4cnc5c(N)ncnc54)C[C@@H]3OP(O)(=S)OC[C@H]3O[C@@H](n4ccc(N)nc4=O)C[C@@H]3O)[C@@H](COP(O)(=S)O[C@H]3C[C@H](n4cnc5c(=O)[nH]c(N)nc54)O[C@@H]3CO)O2)c(=O)n1. The zero-order chi connectivity index (χ0) is 55.4. The number of aliphatic hydroxyl groups excluding tert-OH is 2. The maximum Gasteiger partial charge on any atom is 0.386 e. The number of hydrogen-bond donors (Lipinski definition) is 10. The van der Waals surface area contributed by atoms with Crippen LogP contribution in [0.1, 0.15) is 50.6 Å². The molecule has 10 heterocycles. The molecule has 15 atom stereocenters. The van der Waals surface area contributed by atoms with Gasteiger partial charge in [0.2, 0.25) is 5.95 Å². The quantitative estimate of drug-likeness (QED) is 0.0323. The van der Waals surface area contributed by atoms with E-state index in [0.717, 1.165) is 9.13 Å². The van der Waals surface area contributed by atoms with Crippen molar-refractivity contribution in [2.24, 2.45) is 0 Å². The molecule has 0 spiro atoms. The average Bonchev–Trinajstić information content (AvgIpc) is 4.33. The molecule has 4 aliphatic heterocycles. The number of nitrogens with two attached hydrogens (primary N) is 4. The maximum absolute atomic E-state index is 14.3. The molecule has 4 saturated heterocycles. The first-order chi connectivity index (χ1) is 37.0. The highest BCUT2D eigenvalue weighted by atomic mass is 32.7. The number of fused-ring (bicyclic) bond motifs is 2. The van der Waals surface area contributed by atoms with E-state index in [2.05, 4.69) is 52.1 Å². The molecule has 34 nitrogen and oxygen atoms in total. The molecule has 10 rings (SSSR count). The molecule has 0 bridgehead atoms. The van der Waals surface area contributed by atoms with Gasteiger partial charge in [0.25, 0.3) is 5.56 Å². The Kier molecular flexibility index (Phi) is 16.4. The summed E-state index contributed by atoms with van der Waals surface area (Å²) in [5.74, 6) is -0.182. The summed E-state index contributed by atoms with van der Waals surface area (Å²) in [5, 5.41) is 21.0. The van der Waals surface area contributed by atoms with Crippen molar-refractivity contribution < 1.29 is 70.7 Å². The summed E-state index contributed by atoms with van der Waals surface area (Å²) in [6, 6.07) is 2.73. The number of imidazole rings is 2. The molecule has 3 unspecified atom stereocenters. The van der Waals surface area contributed by atoms with E-state index in [0.29, 0.717) is 0 Å². The van der Waals surface area contributed by atoms with E-state index in [1.807, 2.05) is 0 Å². The van der Waals surface area contributed by atoms with E-state index < -0.39 is 137 Å². The van der Waals surface area contributed by atoms with Crippen molar-refractivity contribution in [3.63, 3.8) is 0 Å². The molecule has 4 fully saturated rings. The fourth-order valence-corrected chi connectivity index (χ4v) is 13.6. The number of aromatic nitrogens is 12. The lowest BCUT2D eigenvalue weighted by atomic mass is 10.2. The Balaban J connectivity index is 0.822. The van der Waals surface area contributed by atoms with Crippen LogP contribution < -0.4 is 39.9 Å². The second-order valence-electron chi connectivity index (χ2n) is 17.9. The highest BCUT2D eigenvalue weighted by molar-refractivity contribution is 8.44. The van der Waals surface area contributed by atoms with Crippen LogP contribution in [0, 0.1) is 0 Å². The summed E-state index contributed by atoms with van der Waals surface area (Å²) in [7, 11) is 0. The van der Waals surface area contributed by atoms with Crippen molar-refractivity contribution in [2.45, 2.75) is 99.4 Å². The Morgan fingerprint density at radius 2 is 1.14 bits per heavy atom. The number of thiol groups is 1. The lowest BCUT2D eigenvalue weighted by Gasteiger charge is -2.27. The molecule has 422 valence electrons. The highest BCUT2D eigenvalue weighted by Gasteiger charge is 2.47. The molecule has 6 aromatic heterocycles. The van der Waals surface area contributed by atoms with Crippen molar-refractivity contribution in [1.29, 1.82) is 0 Å². The van der Waals surface area contributed by atoms with Crippen molar-refractivity contribution in [1.82, 2.24) is 58.1 Å². The van der Waals surface area contributed by atoms with E-state index in [1.165, 1.54) is 52.6 Å². The number of hydrogen-bond acceptors (Lipinski definition) is 29. The Labute approximate surface area is 452 Å². The van der Waals surface area contributed by atoms with Crippen LogP contribution >= 0.6 is 32.5 Å². The van der Waals surface area contributed by atoms with Gasteiger partial charge in [-0.2, -0.15) is 15.0 Å². The van der Waals surface area contributed by atoms with Crippen LogP contribution in [0.15, 0.2) is 57.9 Å². The number of nitrogens with zero attached hydrogens (tertiary/aromatic N) is 11. The van der Waals surface area contributed by atoms with Crippen molar-refractivity contribution in [3.05, 3.63) is 74.8 Å². The largest absolute Gasteiger partial charge is 0.394 e. The van der Waals surface area contributed by atoms with Crippen LogP contribution in [-0.2, 0) is 74.3 Å². The van der Waals surface area contributed by atoms with Gasteiger partial charge in [0.05, 0.1) is 57.4 Å². The minimum atomic E-state index is -4.54. The van der Waals surface area contributed by atoms with Crippen LogP contribution in [0.4, 0.5) is 23.4 Å². The molecule has 0 aliphatic carbocycles. The van der Waals surface area contributed by atoms with Crippen LogP contribution in [0.25, 0.3) is 22.3 Å². The van der Waals surface area contributed by atoms with Crippen LogP contribution in [0.5, 0.6) is 0 Å². The zero-order valence-corrected chi connectivity index (χ0v) is 45.2. The molecule has 0 radical (unpaired) electrons. The third kappa shape index (κ3) is 12.4. The normalized spacial score (nSPS) is 29.8. The van der Waals surface area contributed by atoms with Gasteiger partial charge in [0.15, 0.2) is 22.6 Å². The second kappa shape index (κ2) is 22.6. The Bertz CT molecular complexity index is 3540. The Hall–Kier alpha value is -4.82. The van der Waals surface area contributed by atoms with Gasteiger partial charge < -0.3 is 80.0 Å². The first-order valence-electron chi connectivity index (χ1n) is 23.2. The number of aromatic amines is 1. The van der Waals surface area contributed by atoms with E-state index in [1.54, 1.807) is 0 Å². The molecule has 13 N–H and O–H groups in total. The van der Waals surface area contributed by atoms with Crippen molar-refractivity contribution in [3.8, 4) is 0 Å². The van der Waals surface area contributed by atoms with E-state index in [4.69, 9.17) is 92.6 Å². The van der Waals surface area contributed by atoms with E-state index in [9.17, 15) is 38.9 Å². The van der Waals surface area contributed by atoms with Gasteiger partial charge in [-0.05, 0) is 35.7 Å². The van der Waals surface area contributed by atoms with Gasteiger partial charge in [0.1, 0.15) is 78.9 Å². The summed E-state index contributed by atoms with van der Waals surface area (Å²) in [6.07, 6.45) is -7.07. The number of ether oxygens (including phenoxy) is 4. The molecule has 0 amide bonds. The third-order valence-electron chi connectivity index (χ3n) is 12.7. The smallest absolute Gasteiger partial charge is 0.386 e. The monoisotopic (exact) mass is 1210 g/mol. The fraction of sp³-hybridized carbons (Fsp3) is 0.526. The van der Waals surface area contributed by atoms with Crippen LogP contribution in [0.2, 0.25) is 0 Å². The highest BCUT2D eigenvalue weighted by Crippen LogP contribution is 2.58. The van der Waals surface area contributed by atoms with Gasteiger partial charge in [-0.3, -0.25) is 37.1 Å². The predicted octanol–water partition coefficient (Wildman–Crippen LogP) is -1.02.